The van der Waals surface area contributed by atoms with E-state index in [1.807, 2.05) is 0 Å². The standard InChI is InChI=1S/C12H21F3N2O/c13-12(14,15)9-18-7-1-4-16-11-8-17-5-2-10(11)3-6-17/h10-11,16H,1-9H2. The second-order valence-corrected chi connectivity index (χ2v) is 5.22. The van der Waals surface area contributed by atoms with Gasteiger partial charge in [0.05, 0.1) is 0 Å². The van der Waals surface area contributed by atoms with Gasteiger partial charge in [-0.3, -0.25) is 0 Å². The number of nitrogens with zero attached hydrogens (tertiary/aromatic N) is 1. The van der Waals surface area contributed by atoms with Crippen molar-refractivity contribution >= 4 is 0 Å². The second-order valence-electron chi connectivity index (χ2n) is 5.22. The lowest BCUT2D eigenvalue weighted by Gasteiger charge is -2.45. The van der Waals surface area contributed by atoms with Gasteiger partial charge in [0.25, 0.3) is 0 Å². The Kier molecular flexibility index (Phi) is 4.86. The molecule has 3 aliphatic rings. The highest BCUT2D eigenvalue weighted by atomic mass is 19.4. The molecule has 3 rings (SSSR count). The van der Waals surface area contributed by atoms with Gasteiger partial charge in [-0.1, -0.05) is 0 Å². The van der Waals surface area contributed by atoms with Gasteiger partial charge < -0.3 is 15.0 Å². The molecule has 3 nitrogen and oxygen atoms in total. The smallest absolute Gasteiger partial charge is 0.372 e. The molecule has 18 heavy (non-hydrogen) atoms. The first kappa shape index (κ1) is 14.1. The van der Waals surface area contributed by atoms with Crippen molar-refractivity contribution in [2.24, 2.45) is 5.92 Å². The van der Waals surface area contributed by atoms with E-state index in [-0.39, 0.29) is 6.61 Å². The average Bonchev–Trinajstić information content (AvgIpc) is 2.34. The largest absolute Gasteiger partial charge is 0.411 e. The first-order chi connectivity index (χ1) is 8.54. The highest BCUT2D eigenvalue weighted by molar-refractivity contribution is 4.90. The van der Waals surface area contributed by atoms with Crippen LogP contribution in [-0.2, 0) is 4.74 Å². The highest BCUT2D eigenvalue weighted by Gasteiger charge is 2.33. The fraction of sp³-hybridized carbons (Fsp3) is 1.00. The van der Waals surface area contributed by atoms with E-state index in [4.69, 9.17) is 0 Å². The first-order valence-electron chi connectivity index (χ1n) is 6.65. The number of piperidine rings is 3. The third kappa shape index (κ3) is 4.40. The van der Waals surface area contributed by atoms with Crippen LogP contribution in [0.25, 0.3) is 0 Å². The Morgan fingerprint density at radius 2 is 1.94 bits per heavy atom. The lowest BCUT2D eigenvalue weighted by Crippen LogP contribution is -2.56. The predicted octanol–water partition coefficient (Wildman–Crippen LogP) is 1.64. The van der Waals surface area contributed by atoms with E-state index < -0.39 is 12.8 Å². The van der Waals surface area contributed by atoms with Crippen LogP contribution in [0.4, 0.5) is 13.2 Å². The predicted molar refractivity (Wildman–Crippen MR) is 62.4 cm³/mol. The molecule has 1 atom stereocenters. The number of fused-ring (bicyclic) bond motifs is 3. The molecule has 0 aromatic heterocycles. The monoisotopic (exact) mass is 266 g/mol. The van der Waals surface area contributed by atoms with Gasteiger partial charge in [-0.15, -0.1) is 0 Å². The minimum Gasteiger partial charge on any atom is -0.372 e. The van der Waals surface area contributed by atoms with Gasteiger partial charge in [-0.2, -0.15) is 13.2 Å². The summed E-state index contributed by atoms with van der Waals surface area (Å²) in [4.78, 5) is 2.46. The lowest BCUT2D eigenvalue weighted by molar-refractivity contribution is -0.174. The summed E-state index contributed by atoms with van der Waals surface area (Å²) in [6.07, 6.45) is -1.06. The zero-order valence-corrected chi connectivity index (χ0v) is 10.5. The maximum absolute atomic E-state index is 11.8. The van der Waals surface area contributed by atoms with Crippen molar-refractivity contribution in [3.63, 3.8) is 0 Å². The van der Waals surface area contributed by atoms with Crippen LogP contribution in [-0.4, -0.2) is 56.5 Å². The maximum atomic E-state index is 11.8. The number of alkyl halides is 3. The summed E-state index contributed by atoms with van der Waals surface area (Å²) in [7, 11) is 0. The molecular weight excluding hydrogens is 245 g/mol. The number of ether oxygens (including phenoxy) is 1. The Hall–Kier alpha value is -0.330. The Balaban J connectivity index is 1.51. The second kappa shape index (κ2) is 6.21. The molecule has 1 N–H and O–H groups in total. The van der Waals surface area contributed by atoms with Gasteiger partial charge in [0.2, 0.25) is 0 Å². The molecule has 3 saturated heterocycles. The van der Waals surface area contributed by atoms with Gasteiger partial charge >= 0.3 is 6.18 Å². The molecule has 106 valence electrons. The van der Waals surface area contributed by atoms with Gasteiger partial charge in [-0.05, 0) is 44.8 Å². The third-order valence-electron chi connectivity index (χ3n) is 3.79. The molecule has 0 aliphatic carbocycles. The van der Waals surface area contributed by atoms with Crippen LogP contribution in [0.3, 0.4) is 0 Å². The Morgan fingerprint density at radius 3 is 2.50 bits per heavy atom. The van der Waals surface area contributed by atoms with E-state index in [0.717, 1.165) is 19.0 Å². The quantitative estimate of drug-likeness (QED) is 0.740. The molecule has 3 heterocycles. The third-order valence-corrected chi connectivity index (χ3v) is 3.79. The van der Waals surface area contributed by atoms with Crippen molar-refractivity contribution < 1.29 is 17.9 Å². The van der Waals surface area contributed by atoms with Crippen LogP contribution in [0.5, 0.6) is 0 Å². The van der Waals surface area contributed by atoms with E-state index in [1.54, 1.807) is 0 Å². The SMILES string of the molecule is FC(F)(F)COCCCNC1CN2CCC1CC2. The molecule has 3 fully saturated rings. The van der Waals surface area contributed by atoms with Crippen LogP contribution < -0.4 is 5.32 Å². The van der Waals surface area contributed by atoms with E-state index >= 15 is 0 Å². The molecular formula is C12H21F3N2O. The number of rotatable bonds is 6. The van der Waals surface area contributed by atoms with Crippen LogP contribution in [0.1, 0.15) is 19.3 Å². The Bertz CT molecular complexity index is 252. The van der Waals surface area contributed by atoms with E-state index in [0.29, 0.717) is 12.5 Å². The average molecular weight is 266 g/mol. The van der Waals surface area contributed by atoms with Crippen molar-refractivity contribution in [3.8, 4) is 0 Å². The van der Waals surface area contributed by atoms with Crippen molar-refractivity contribution in [2.75, 3.05) is 39.4 Å². The summed E-state index contributed by atoms with van der Waals surface area (Å²) in [6.45, 7) is 3.29. The first-order valence-corrected chi connectivity index (χ1v) is 6.65. The topological polar surface area (TPSA) is 24.5 Å². The molecule has 2 bridgehead atoms. The number of hydrogen-bond donors (Lipinski definition) is 1. The molecule has 0 aromatic carbocycles. The Morgan fingerprint density at radius 1 is 1.22 bits per heavy atom. The molecule has 0 amide bonds. The van der Waals surface area contributed by atoms with Crippen molar-refractivity contribution in [1.29, 1.82) is 0 Å². The van der Waals surface area contributed by atoms with Crippen LogP contribution in [0.2, 0.25) is 0 Å². The summed E-state index contributed by atoms with van der Waals surface area (Å²) in [5.74, 6) is 0.756. The fourth-order valence-corrected chi connectivity index (χ4v) is 2.85. The van der Waals surface area contributed by atoms with E-state index in [1.165, 1.54) is 25.9 Å². The van der Waals surface area contributed by atoms with E-state index in [2.05, 4.69) is 15.0 Å². The van der Waals surface area contributed by atoms with Crippen molar-refractivity contribution in [2.45, 2.75) is 31.5 Å². The number of halogens is 3. The molecule has 0 saturated carbocycles. The Labute approximate surface area is 106 Å². The molecule has 1 unspecified atom stereocenters. The van der Waals surface area contributed by atoms with Crippen molar-refractivity contribution in [1.82, 2.24) is 10.2 Å². The molecule has 3 aliphatic heterocycles. The highest BCUT2D eigenvalue weighted by Crippen LogP contribution is 2.27. The van der Waals surface area contributed by atoms with Gasteiger partial charge in [-0.25, -0.2) is 0 Å². The van der Waals surface area contributed by atoms with Gasteiger partial charge in [0, 0.05) is 19.2 Å². The molecule has 0 spiro atoms. The summed E-state index contributed by atoms with van der Waals surface area (Å²) < 4.78 is 40.0. The minimum absolute atomic E-state index is 0.174. The summed E-state index contributed by atoms with van der Waals surface area (Å²) in [6, 6.07) is 0.523. The summed E-state index contributed by atoms with van der Waals surface area (Å²) in [5, 5.41) is 3.45. The van der Waals surface area contributed by atoms with Gasteiger partial charge in [0.1, 0.15) is 6.61 Å². The zero-order valence-electron chi connectivity index (χ0n) is 10.5. The minimum atomic E-state index is -4.21. The van der Waals surface area contributed by atoms with Gasteiger partial charge in [0.15, 0.2) is 0 Å². The van der Waals surface area contributed by atoms with Crippen LogP contribution in [0, 0.1) is 5.92 Å². The summed E-state index contributed by atoms with van der Waals surface area (Å²) >= 11 is 0. The van der Waals surface area contributed by atoms with E-state index in [9.17, 15) is 13.2 Å². The fourth-order valence-electron chi connectivity index (χ4n) is 2.85. The lowest BCUT2D eigenvalue weighted by atomic mass is 9.84. The molecule has 0 aromatic rings. The van der Waals surface area contributed by atoms with Crippen molar-refractivity contribution in [3.05, 3.63) is 0 Å². The summed E-state index contributed by atoms with van der Waals surface area (Å²) in [5.41, 5.74) is 0. The van der Waals surface area contributed by atoms with Crippen LogP contribution >= 0.6 is 0 Å². The number of nitrogens with one attached hydrogen (secondary N) is 1. The maximum Gasteiger partial charge on any atom is 0.411 e. The zero-order chi connectivity index (χ0) is 13.0. The number of hydrogen-bond acceptors (Lipinski definition) is 3. The molecule has 6 heteroatoms. The normalized spacial score (nSPS) is 31.8. The molecule has 0 radical (unpaired) electrons. The van der Waals surface area contributed by atoms with Crippen LogP contribution in [0.15, 0.2) is 0 Å².